The van der Waals surface area contributed by atoms with E-state index < -0.39 is 0 Å². The van der Waals surface area contributed by atoms with E-state index in [1.54, 1.807) is 14.2 Å². The van der Waals surface area contributed by atoms with Crippen molar-refractivity contribution < 1.29 is 24.5 Å². The maximum Gasteiger partial charge on any atom is 0.260 e. The third-order valence-electron chi connectivity index (χ3n) is 3.69. The highest BCUT2D eigenvalue weighted by Gasteiger charge is 2.14. The molecule has 0 aromatic heterocycles. The Morgan fingerprint density at radius 2 is 1.77 bits per heavy atom. The van der Waals surface area contributed by atoms with Gasteiger partial charge >= 0.3 is 0 Å². The van der Waals surface area contributed by atoms with E-state index in [9.17, 15) is 4.79 Å². The number of carbonyl (C=O) groups excluding carboxylic acids is 1. The third-order valence-corrected chi connectivity index (χ3v) is 3.69. The Kier molecular flexibility index (Phi) is 6.40. The molecule has 3 rings (SSSR count). The number of amidine groups is 1. The summed E-state index contributed by atoms with van der Waals surface area (Å²) in [5.41, 5.74) is 7.12. The largest absolute Gasteiger partial charge is 0.497 e. The maximum absolute atomic E-state index is 11.1. The second-order valence-electron chi connectivity index (χ2n) is 5.34. The van der Waals surface area contributed by atoms with E-state index in [0.717, 1.165) is 16.9 Å². The lowest BCUT2D eigenvalue weighted by molar-refractivity contribution is -0.120. The number of hydrogen-bond donors (Lipinski definition) is 2. The molecule has 1 heterocycles. The number of hydrazine groups is 1. The summed E-state index contributed by atoms with van der Waals surface area (Å²) in [7, 11) is 3.21. The van der Waals surface area contributed by atoms with Crippen LogP contribution in [0.15, 0.2) is 47.5 Å². The van der Waals surface area contributed by atoms with Crippen LogP contribution in [-0.2, 0) is 11.4 Å². The van der Waals surface area contributed by atoms with Crippen LogP contribution in [0.25, 0.3) is 0 Å². The Hall–Kier alpha value is -3.26. The molecule has 0 atom stereocenters. The minimum absolute atomic E-state index is 0. The molecule has 0 spiro atoms. The molecule has 1 amide bonds. The van der Waals surface area contributed by atoms with Gasteiger partial charge in [-0.25, -0.2) is 0 Å². The second kappa shape index (κ2) is 8.72. The quantitative estimate of drug-likeness (QED) is 0.793. The molecule has 2 aromatic carbocycles. The van der Waals surface area contributed by atoms with Gasteiger partial charge in [-0.2, -0.15) is 0 Å². The van der Waals surface area contributed by atoms with Crippen molar-refractivity contribution in [3.05, 3.63) is 53.6 Å². The van der Waals surface area contributed by atoms with Crippen molar-refractivity contribution >= 4 is 11.7 Å². The van der Waals surface area contributed by atoms with E-state index in [1.165, 1.54) is 0 Å². The van der Waals surface area contributed by atoms with Crippen molar-refractivity contribution in [3.63, 3.8) is 0 Å². The highest BCUT2D eigenvalue weighted by atomic mass is 16.5. The topological polar surface area (TPSA) is 113 Å². The first-order valence-corrected chi connectivity index (χ1v) is 7.73. The van der Waals surface area contributed by atoms with E-state index in [4.69, 9.17) is 14.2 Å². The van der Waals surface area contributed by atoms with Crippen LogP contribution < -0.4 is 25.1 Å². The summed E-state index contributed by atoms with van der Waals surface area (Å²) in [4.78, 5) is 15.3. The number of ether oxygens (including phenoxy) is 3. The van der Waals surface area contributed by atoms with Crippen LogP contribution in [-0.4, -0.2) is 38.0 Å². The van der Waals surface area contributed by atoms with Gasteiger partial charge in [0.2, 0.25) is 0 Å². The molecule has 0 radical (unpaired) electrons. The summed E-state index contributed by atoms with van der Waals surface area (Å²) >= 11 is 0. The first-order chi connectivity index (χ1) is 12.2. The number of nitrogens with zero attached hydrogens (tertiary/aromatic N) is 1. The van der Waals surface area contributed by atoms with Gasteiger partial charge in [-0.15, -0.1) is 0 Å². The predicted molar refractivity (Wildman–Crippen MR) is 96.6 cm³/mol. The summed E-state index contributed by atoms with van der Waals surface area (Å²) in [6.45, 7) is 0.509. The molecule has 0 saturated heterocycles. The zero-order valence-corrected chi connectivity index (χ0v) is 14.5. The summed E-state index contributed by atoms with van der Waals surface area (Å²) in [5, 5.41) is 0. The summed E-state index contributed by atoms with van der Waals surface area (Å²) < 4.78 is 16.4. The molecule has 1 aliphatic heterocycles. The van der Waals surface area contributed by atoms with Crippen LogP contribution in [0.5, 0.6) is 17.2 Å². The lowest BCUT2D eigenvalue weighted by atomic mass is 10.1. The van der Waals surface area contributed by atoms with Crippen LogP contribution in [0.2, 0.25) is 0 Å². The smallest absolute Gasteiger partial charge is 0.260 e. The van der Waals surface area contributed by atoms with Gasteiger partial charge in [0.1, 0.15) is 24.7 Å². The van der Waals surface area contributed by atoms with Crippen molar-refractivity contribution in [1.29, 1.82) is 0 Å². The van der Waals surface area contributed by atoms with E-state index in [2.05, 4.69) is 15.8 Å². The van der Waals surface area contributed by atoms with Crippen LogP contribution in [0.1, 0.15) is 11.1 Å². The average molecular weight is 359 g/mol. The van der Waals surface area contributed by atoms with Crippen molar-refractivity contribution in [1.82, 2.24) is 10.9 Å². The monoisotopic (exact) mass is 359 g/mol. The van der Waals surface area contributed by atoms with E-state index in [-0.39, 0.29) is 17.9 Å². The number of rotatable bonds is 6. The lowest BCUT2D eigenvalue weighted by Crippen LogP contribution is -2.47. The van der Waals surface area contributed by atoms with Gasteiger partial charge in [-0.3, -0.25) is 20.6 Å². The van der Waals surface area contributed by atoms with Crippen LogP contribution in [0.4, 0.5) is 0 Å². The van der Waals surface area contributed by atoms with E-state index in [1.807, 2.05) is 42.5 Å². The molecule has 0 fully saturated rings. The van der Waals surface area contributed by atoms with Crippen molar-refractivity contribution in [2.24, 2.45) is 4.99 Å². The first-order valence-electron chi connectivity index (χ1n) is 7.73. The molecule has 0 aliphatic carbocycles. The van der Waals surface area contributed by atoms with Crippen LogP contribution in [0.3, 0.4) is 0 Å². The molecule has 8 nitrogen and oxygen atoms in total. The van der Waals surface area contributed by atoms with E-state index >= 15 is 0 Å². The molecule has 0 bridgehead atoms. The first kappa shape index (κ1) is 19.1. The predicted octanol–water partition coefficient (Wildman–Crippen LogP) is 0.839. The summed E-state index contributed by atoms with van der Waals surface area (Å²) in [6.07, 6.45) is 0. The van der Waals surface area contributed by atoms with Crippen LogP contribution in [0, 0.1) is 0 Å². The fraction of sp³-hybridized carbons (Fsp3) is 0.222. The maximum atomic E-state index is 11.1. The van der Waals surface area contributed by atoms with Gasteiger partial charge in [0.15, 0.2) is 11.5 Å². The number of methoxy groups -OCH3 is 2. The molecule has 0 unspecified atom stereocenters. The van der Waals surface area contributed by atoms with Crippen molar-refractivity contribution in [2.75, 3.05) is 20.8 Å². The van der Waals surface area contributed by atoms with Gasteiger partial charge in [0, 0.05) is 5.56 Å². The zero-order valence-electron chi connectivity index (χ0n) is 14.5. The molecule has 4 N–H and O–H groups in total. The van der Waals surface area contributed by atoms with Gasteiger partial charge in [-0.1, -0.05) is 12.1 Å². The Morgan fingerprint density at radius 3 is 2.38 bits per heavy atom. The minimum atomic E-state index is -0.171. The number of aliphatic imine (C=N–C) groups is 1. The molecule has 1 aliphatic rings. The molecule has 2 aromatic rings. The van der Waals surface area contributed by atoms with Crippen molar-refractivity contribution in [3.8, 4) is 17.2 Å². The summed E-state index contributed by atoms with van der Waals surface area (Å²) in [5.74, 6) is 2.43. The average Bonchev–Trinajstić information content (AvgIpc) is 2.67. The Bertz CT molecular complexity index is 790. The number of carbonyl (C=O) groups is 1. The number of amides is 1. The fourth-order valence-electron chi connectivity index (χ4n) is 2.34. The Balaban J connectivity index is 0.00000243. The normalized spacial score (nSPS) is 12.8. The third kappa shape index (κ3) is 4.42. The molecule has 0 saturated carbocycles. The number of hydrogen-bond acceptors (Lipinski definition) is 6. The fourth-order valence-corrected chi connectivity index (χ4v) is 2.34. The Labute approximate surface area is 151 Å². The van der Waals surface area contributed by atoms with Gasteiger partial charge in [0.25, 0.3) is 5.91 Å². The minimum Gasteiger partial charge on any atom is -0.497 e. The molecule has 26 heavy (non-hydrogen) atoms. The highest BCUT2D eigenvalue weighted by Crippen LogP contribution is 2.29. The SMILES string of the molecule is COc1ccc(COc2ccc(C3=NCC(=O)NN3)cc2OC)cc1.O. The zero-order chi connectivity index (χ0) is 17.6. The van der Waals surface area contributed by atoms with Gasteiger partial charge in [-0.05, 0) is 35.9 Å². The second-order valence-corrected chi connectivity index (χ2v) is 5.34. The number of benzene rings is 2. The van der Waals surface area contributed by atoms with Crippen molar-refractivity contribution in [2.45, 2.75) is 6.61 Å². The van der Waals surface area contributed by atoms with E-state index in [0.29, 0.717) is 23.9 Å². The summed E-state index contributed by atoms with van der Waals surface area (Å²) in [6, 6.07) is 13.2. The highest BCUT2D eigenvalue weighted by molar-refractivity contribution is 6.03. The van der Waals surface area contributed by atoms with Crippen LogP contribution >= 0.6 is 0 Å². The molecular weight excluding hydrogens is 338 g/mol. The van der Waals surface area contributed by atoms with Gasteiger partial charge < -0.3 is 19.7 Å². The molecule has 8 heteroatoms. The molecule has 138 valence electrons. The molecular formula is C18H21N3O5. The Morgan fingerprint density at radius 1 is 1.00 bits per heavy atom. The standard InChI is InChI=1S/C18H19N3O4.H2O/c1-23-14-6-3-12(4-7-14)11-25-15-8-5-13(9-16(15)24-2)18-19-10-17(22)20-21-18;/h3-9H,10-11H2,1-2H3,(H,19,21)(H,20,22);1H2. The number of nitrogens with one attached hydrogen (secondary N) is 2. The lowest BCUT2D eigenvalue weighted by Gasteiger charge is -2.17. The van der Waals surface area contributed by atoms with Gasteiger partial charge in [0.05, 0.1) is 14.2 Å².